The summed E-state index contributed by atoms with van der Waals surface area (Å²) in [6, 6.07) is 12.3. The second-order valence-electron chi connectivity index (χ2n) is 4.97. The Labute approximate surface area is 133 Å². The molecule has 2 rings (SSSR count). The monoisotopic (exact) mass is 351 g/mol. The molecule has 0 saturated carbocycles. The molecule has 2 aromatic carbocycles. The molecule has 2 N–H and O–H groups in total. The molecule has 0 aliphatic rings. The Morgan fingerprint density at radius 3 is 2.81 bits per heavy atom. The third-order valence-electron chi connectivity index (χ3n) is 3.21. The minimum absolute atomic E-state index is 0.230. The van der Waals surface area contributed by atoms with Crippen molar-refractivity contribution in [1.82, 2.24) is 0 Å². The van der Waals surface area contributed by atoms with Gasteiger partial charge in [-0.25, -0.2) is 4.39 Å². The molecule has 0 fully saturated rings. The molecule has 2 nitrogen and oxygen atoms in total. The molecule has 0 saturated heterocycles. The molecule has 4 heteroatoms. The van der Waals surface area contributed by atoms with Crippen molar-refractivity contribution in [3.8, 4) is 5.75 Å². The van der Waals surface area contributed by atoms with E-state index in [9.17, 15) is 4.39 Å². The SMILES string of the molecule is CCCOc1cccc(C(N)Cc2cc(Br)ccc2F)c1. The third-order valence-corrected chi connectivity index (χ3v) is 3.70. The normalized spacial score (nSPS) is 12.2. The van der Waals surface area contributed by atoms with Crippen LogP contribution in [0.5, 0.6) is 5.75 Å². The van der Waals surface area contributed by atoms with Crippen LogP contribution >= 0.6 is 15.9 Å². The lowest BCUT2D eigenvalue weighted by atomic mass is 9.99. The average Bonchev–Trinajstić information content (AvgIpc) is 2.49. The zero-order valence-electron chi connectivity index (χ0n) is 12.0. The molecule has 0 bridgehead atoms. The number of hydrogen-bond acceptors (Lipinski definition) is 2. The first-order valence-corrected chi connectivity index (χ1v) is 7.81. The summed E-state index contributed by atoms with van der Waals surface area (Å²) in [6.07, 6.45) is 1.40. The minimum Gasteiger partial charge on any atom is -0.494 e. The number of ether oxygens (including phenoxy) is 1. The molecule has 0 aromatic heterocycles. The van der Waals surface area contributed by atoms with Gasteiger partial charge in [0.1, 0.15) is 11.6 Å². The Morgan fingerprint density at radius 1 is 1.24 bits per heavy atom. The second-order valence-corrected chi connectivity index (χ2v) is 5.88. The van der Waals surface area contributed by atoms with Gasteiger partial charge in [-0.05, 0) is 54.3 Å². The van der Waals surface area contributed by atoms with Crippen molar-refractivity contribution in [2.75, 3.05) is 6.61 Å². The molecule has 21 heavy (non-hydrogen) atoms. The number of rotatable bonds is 6. The van der Waals surface area contributed by atoms with Crippen LogP contribution in [-0.2, 0) is 6.42 Å². The molecule has 2 aromatic rings. The Bertz CT molecular complexity index is 603. The van der Waals surface area contributed by atoms with Crippen molar-refractivity contribution in [3.63, 3.8) is 0 Å². The zero-order valence-corrected chi connectivity index (χ0v) is 13.6. The van der Waals surface area contributed by atoms with Crippen LogP contribution in [0.2, 0.25) is 0 Å². The Balaban J connectivity index is 2.12. The van der Waals surface area contributed by atoms with Crippen LogP contribution in [-0.4, -0.2) is 6.61 Å². The number of hydrogen-bond donors (Lipinski definition) is 1. The van der Waals surface area contributed by atoms with Gasteiger partial charge in [0.05, 0.1) is 6.61 Å². The van der Waals surface area contributed by atoms with E-state index in [1.54, 1.807) is 12.1 Å². The van der Waals surface area contributed by atoms with E-state index in [-0.39, 0.29) is 11.9 Å². The molecule has 1 atom stereocenters. The van der Waals surface area contributed by atoms with Crippen LogP contribution in [0.3, 0.4) is 0 Å². The van der Waals surface area contributed by atoms with Crippen molar-refractivity contribution in [2.45, 2.75) is 25.8 Å². The molecule has 0 radical (unpaired) electrons. The van der Waals surface area contributed by atoms with E-state index in [1.165, 1.54) is 6.07 Å². The van der Waals surface area contributed by atoms with Crippen molar-refractivity contribution >= 4 is 15.9 Å². The Morgan fingerprint density at radius 2 is 2.05 bits per heavy atom. The lowest BCUT2D eigenvalue weighted by Crippen LogP contribution is -2.14. The number of benzene rings is 2. The highest BCUT2D eigenvalue weighted by atomic mass is 79.9. The molecule has 1 unspecified atom stereocenters. The summed E-state index contributed by atoms with van der Waals surface area (Å²) in [5, 5.41) is 0. The van der Waals surface area contributed by atoms with Crippen LogP contribution in [0.4, 0.5) is 4.39 Å². The lowest BCUT2D eigenvalue weighted by Gasteiger charge is -2.14. The summed E-state index contributed by atoms with van der Waals surface area (Å²) >= 11 is 3.36. The minimum atomic E-state index is -0.265. The highest BCUT2D eigenvalue weighted by Gasteiger charge is 2.11. The van der Waals surface area contributed by atoms with E-state index in [4.69, 9.17) is 10.5 Å². The van der Waals surface area contributed by atoms with Crippen molar-refractivity contribution in [3.05, 3.63) is 63.9 Å². The lowest BCUT2D eigenvalue weighted by molar-refractivity contribution is 0.317. The summed E-state index contributed by atoms with van der Waals surface area (Å²) in [4.78, 5) is 0. The summed E-state index contributed by atoms with van der Waals surface area (Å²) in [6.45, 7) is 2.74. The van der Waals surface area contributed by atoms with E-state index >= 15 is 0 Å². The van der Waals surface area contributed by atoms with Gasteiger partial charge in [0.15, 0.2) is 0 Å². The summed E-state index contributed by atoms with van der Waals surface area (Å²) in [5.41, 5.74) is 7.76. The second kappa shape index (κ2) is 7.57. The standard InChI is InChI=1S/C17H19BrFNO/c1-2-8-21-15-5-3-4-12(10-15)17(20)11-13-9-14(18)6-7-16(13)19/h3-7,9-10,17H,2,8,11,20H2,1H3. The van der Waals surface area contributed by atoms with Crippen molar-refractivity contribution < 1.29 is 9.13 Å². The predicted octanol–water partition coefficient (Wildman–Crippen LogP) is 4.62. The van der Waals surface area contributed by atoms with Gasteiger partial charge >= 0.3 is 0 Å². The van der Waals surface area contributed by atoms with Crippen LogP contribution in [0.15, 0.2) is 46.9 Å². The largest absolute Gasteiger partial charge is 0.494 e. The fourth-order valence-corrected chi connectivity index (χ4v) is 2.52. The van der Waals surface area contributed by atoms with E-state index in [0.29, 0.717) is 18.6 Å². The third kappa shape index (κ3) is 4.55. The van der Waals surface area contributed by atoms with Gasteiger partial charge in [0.25, 0.3) is 0 Å². The maximum Gasteiger partial charge on any atom is 0.126 e. The van der Waals surface area contributed by atoms with Gasteiger partial charge in [0.2, 0.25) is 0 Å². The van der Waals surface area contributed by atoms with Crippen LogP contribution in [0, 0.1) is 5.82 Å². The first-order chi connectivity index (χ1) is 10.1. The molecule has 0 amide bonds. The highest BCUT2D eigenvalue weighted by Crippen LogP contribution is 2.24. The van der Waals surface area contributed by atoms with Gasteiger partial charge in [-0.3, -0.25) is 0 Å². The maximum atomic E-state index is 13.8. The molecule has 0 aliphatic carbocycles. The Hall–Kier alpha value is -1.39. The summed E-state index contributed by atoms with van der Waals surface area (Å²) < 4.78 is 20.2. The fraction of sp³-hybridized carbons (Fsp3) is 0.294. The van der Waals surface area contributed by atoms with E-state index in [2.05, 4.69) is 22.9 Å². The Kier molecular flexibility index (Phi) is 5.76. The topological polar surface area (TPSA) is 35.2 Å². The van der Waals surface area contributed by atoms with Crippen molar-refractivity contribution in [1.29, 1.82) is 0 Å². The first-order valence-electron chi connectivity index (χ1n) is 7.02. The predicted molar refractivity (Wildman–Crippen MR) is 87.0 cm³/mol. The summed E-state index contributed by atoms with van der Waals surface area (Å²) in [7, 11) is 0. The zero-order chi connectivity index (χ0) is 15.2. The molecule has 0 heterocycles. The van der Waals surface area contributed by atoms with Crippen LogP contribution in [0.1, 0.15) is 30.5 Å². The van der Waals surface area contributed by atoms with E-state index in [0.717, 1.165) is 22.2 Å². The molecular formula is C17H19BrFNO. The average molecular weight is 352 g/mol. The molecule has 0 aliphatic heterocycles. The maximum absolute atomic E-state index is 13.8. The summed E-state index contributed by atoms with van der Waals surface area (Å²) in [5.74, 6) is 0.576. The molecular weight excluding hydrogens is 333 g/mol. The quantitative estimate of drug-likeness (QED) is 0.823. The van der Waals surface area contributed by atoms with Gasteiger partial charge < -0.3 is 10.5 Å². The number of halogens is 2. The number of nitrogens with two attached hydrogens (primary N) is 1. The fourth-order valence-electron chi connectivity index (χ4n) is 2.11. The van der Waals surface area contributed by atoms with Gasteiger partial charge in [0, 0.05) is 10.5 Å². The van der Waals surface area contributed by atoms with Crippen LogP contribution < -0.4 is 10.5 Å². The highest BCUT2D eigenvalue weighted by molar-refractivity contribution is 9.10. The van der Waals surface area contributed by atoms with Gasteiger partial charge in [-0.2, -0.15) is 0 Å². The van der Waals surface area contributed by atoms with E-state index < -0.39 is 0 Å². The van der Waals surface area contributed by atoms with E-state index in [1.807, 2.05) is 24.3 Å². The first kappa shape index (κ1) is 16.0. The molecule has 0 spiro atoms. The van der Waals surface area contributed by atoms with Gasteiger partial charge in [-0.15, -0.1) is 0 Å². The van der Waals surface area contributed by atoms with Crippen molar-refractivity contribution in [2.24, 2.45) is 5.73 Å². The van der Waals surface area contributed by atoms with Gasteiger partial charge in [-0.1, -0.05) is 35.0 Å². The smallest absolute Gasteiger partial charge is 0.126 e. The molecule has 112 valence electrons. The van der Waals surface area contributed by atoms with Crippen LogP contribution in [0.25, 0.3) is 0 Å².